The third kappa shape index (κ3) is 7.48. The Morgan fingerprint density at radius 1 is 1.30 bits per heavy atom. The first kappa shape index (κ1) is 21.1. The smallest absolute Gasteiger partial charge is 0.250 e. The van der Waals surface area contributed by atoms with Crippen molar-refractivity contribution in [3.8, 4) is 11.5 Å². The van der Waals surface area contributed by atoms with Crippen LogP contribution in [-0.4, -0.2) is 31.6 Å². The average Bonchev–Trinajstić information content (AvgIpc) is 2.67. The van der Waals surface area contributed by atoms with Crippen molar-refractivity contribution >= 4 is 39.8 Å². The SMILES string of the molecule is C=CCOc1ccc(/C=N\NC(=O)CSCc2cccc(Br)c2)cc1OC. The van der Waals surface area contributed by atoms with Gasteiger partial charge in [-0.2, -0.15) is 5.10 Å². The molecule has 0 aliphatic carbocycles. The van der Waals surface area contributed by atoms with Crippen molar-refractivity contribution in [1.29, 1.82) is 0 Å². The molecule has 0 aliphatic heterocycles. The minimum absolute atomic E-state index is 0.149. The highest BCUT2D eigenvalue weighted by atomic mass is 79.9. The molecule has 0 atom stereocenters. The first-order valence-electron chi connectivity index (χ1n) is 8.18. The molecule has 2 aromatic carbocycles. The van der Waals surface area contributed by atoms with Gasteiger partial charge in [-0.3, -0.25) is 4.79 Å². The van der Waals surface area contributed by atoms with E-state index >= 15 is 0 Å². The number of nitrogens with one attached hydrogen (secondary N) is 1. The summed E-state index contributed by atoms with van der Waals surface area (Å²) in [5.41, 5.74) is 4.49. The van der Waals surface area contributed by atoms with Gasteiger partial charge >= 0.3 is 0 Å². The second-order valence-corrected chi connectivity index (χ2v) is 7.33. The number of methoxy groups -OCH3 is 1. The van der Waals surface area contributed by atoms with Crippen molar-refractivity contribution in [2.45, 2.75) is 5.75 Å². The van der Waals surface area contributed by atoms with Crippen LogP contribution in [-0.2, 0) is 10.5 Å². The van der Waals surface area contributed by atoms with E-state index in [0.717, 1.165) is 21.4 Å². The van der Waals surface area contributed by atoms with Gasteiger partial charge in [-0.1, -0.05) is 40.7 Å². The molecular formula is C20H21BrN2O3S. The van der Waals surface area contributed by atoms with Crippen molar-refractivity contribution in [2.75, 3.05) is 19.5 Å². The van der Waals surface area contributed by atoms with Crippen LogP contribution in [0.5, 0.6) is 11.5 Å². The topological polar surface area (TPSA) is 59.9 Å². The van der Waals surface area contributed by atoms with Gasteiger partial charge in [0.15, 0.2) is 11.5 Å². The molecular weight excluding hydrogens is 428 g/mol. The molecule has 5 nitrogen and oxygen atoms in total. The molecule has 27 heavy (non-hydrogen) atoms. The molecule has 0 fully saturated rings. The molecule has 0 saturated heterocycles. The Labute approximate surface area is 172 Å². The third-order valence-electron chi connectivity index (χ3n) is 3.34. The standard InChI is InChI=1S/C20H21BrN2O3S/c1-3-9-26-18-8-7-15(11-19(18)25-2)12-22-23-20(24)14-27-13-16-5-4-6-17(21)10-16/h3-8,10-12H,1,9,13-14H2,2H3,(H,23,24)/b22-12-. The van der Waals surface area contributed by atoms with Crippen molar-refractivity contribution < 1.29 is 14.3 Å². The highest BCUT2D eigenvalue weighted by Gasteiger charge is 2.05. The van der Waals surface area contributed by atoms with E-state index in [4.69, 9.17) is 9.47 Å². The predicted molar refractivity (Wildman–Crippen MR) is 115 cm³/mol. The quantitative estimate of drug-likeness (QED) is 0.332. The molecule has 0 radical (unpaired) electrons. The Kier molecular flexibility index (Phi) is 8.94. The Balaban J connectivity index is 1.80. The lowest BCUT2D eigenvalue weighted by Gasteiger charge is -2.09. The number of rotatable bonds is 10. The van der Waals surface area contributed by atoms with Gasteiger partial charge in [0.1, 0.15) is 6.61 Å². The Hall–Kier alpha value is -2.25. The summed E-state index contributed by atoms with van der Waals surface area (Å²) in [4.78, 5) is 11.9. The number of nitrogens with zero attached hydrogens (tertiary/aromatic N) is 1. The lowest BCUT2D eigenvalue weighted by atomic mass is 10.2. The van der Waals surface area contributed by atoms with E-state index in [1.165, 1.54) is 11.8 Å². The first-order chi connectivity index (χ1) is 13.1. The van der Waals surface area contributed by atoms with Gasteiger partial charge in [-0.15, -0.1) is 11.8 Å². The monoisotopic (exact) mass is 448 g/mol. The van der Waals surface area contributed by atoms with Crippen molar-refractivity contribution in [1.82, 2.24) is 5.43 Å². The zero-order valence-corrected chi connectivity index (χ0v) is 17.4. The lowest BCUT2D eigenvalue weighted by Crippen LogP contribution is -2.19. The zero-order chi connectivity index (χ0) is 19.5. The van der Waals surface area contributed by atoms with Crippen LogP contribution < -0.4 is 14.9 Å². The Morgan fingerprint density at radius 3 is 2.89 bits per heavy atom. The molecule has 0 spiro atoms. The minimum atomic E-state index is -0.149. The normalized spacial score (nSPS) is 10.6. The summed E-state index contributed by atoms with van der Waals surface area (Å²) in [6.45, 7) is 4.02. The number of thioether (sulfide) groups is 1. The van der Waals surface area contributed by atoms with E-state index < -0.39 is 0 Å². The molecule has 0 heterocycles. The molecule has 0 aromatic heterocycles. The van der Waals surface area contributed by atoms with Crippen molar-refractivity contribution in [3.05, 3.63) is 70.7 Å². The van der Waals surface area contributed by atoms with Crippen LogP contribution in [0.1, 0.15) is 11.1 Å². The highest BCUT2D eigenvalue weighted by Crippen LogP contribution is 2.27. The first-order valence-corrected chi connectivity index (χ1v) is 10.1. The molecule has 0 aliphatic rings. The summed E-state index contributed by atoms with van der Waals surface area (Å²) in [6.07, 6.45) is 3.23. The second-order valence-electron chi connectivity index (χ2n) is 5.43. The van der Waals surface area contributed by atoms with Crippen LogP contribution >= 0.6 is 27.7 Å². The van der Waals surface area contributed by atoms with Gasteiger partial charge in [0.2, 0.25) is 5.91 Å². The van der Waals surface area contributed by atoms with E-state index in [9.17, 15) is 4.79 Å². The van der Waals surface area contributed by atoms with Crippen LogP contribution in [0.15, 0.2) is 64.7 Å². The maximum atomic E-state index is 11.9. The molecule has 7 heteroatoms. The van der Waals surface area contributed by atoms with E-state index in [2.05, 4.69) is 33.0 Å². The Morgan fingerprint density at radius 2 is 2.15 bits per heavy atom. The number of carbonyl (C=O) groups is 1. The maximum Gasteiger partial charge on any atom is 0.250 e. The summed E-state index contributed by atoms with van der Waals surface area (Å²) >= 11 is 4.97. The number of amides is 1. The van der Waals surface area contributed by atoms with Crippen molar-refractivity contribution in [2.24, 2.45) is 5.10 Å². The molecule has 0 bridgehead atoms. The summed E-state index contributed by atoms with van der Waals surface area (Å²) < 4.78 is 11.8. The van der Waals surface area contributed by atoms with Gasteiger partial charge < -0.3 is 9.47 Å². The van der Waals surface area contributed by atoms with E-state index in [1.54, 1.807) is 31.5 Å². The fourth-order valence-electron chi connectivity index (χ4n) is 2.13. The van der Waals surface area contributed by atoms with Crippen LogP contribution in [0, 0.1) is 0 Å². The van der Waals surface area contributed by atoms with Crippen molar-refractivity contribution in [3.63, 3.8) is 0 Å². The average molecular weight is 449 g/mol. The largest absolute Gasteiger partial charge is 0.493 e. The number of hydrazone groups is 1. The van der Waals surface area contributed by atoms with Gasteiger partial charge in [0.05, 0.1) is 19.1 Å². The summed E-state index contributed by atoms with van der Waals surface area (Å²) in [7, 11) is 1.57. The molecule has 0 unspecified atom stereocenters. The zero-order valence-electron chi connectivity index (χ0n) is 15.0. The van der Waals surface area contributed by atoms with Gasteiger partial charge in [-0.05, 0) is 41.5 Å². The second kappa shape index (κ2) is 11.5. The number of ether oxygens (including phenoxy) is 2. The number of halogens is 1. The molecule has 1 N–H and O–H groups in total. The molecule has 142 valence electrons. The maximum absolute atomic E-state index is 11.9. The summed E-state index contributed by atoms with van der Waals surface area (Å²) in [6, 6.07) is 13.4. The Bertz CT molecular complexity index is 812. The van der Waals surface area contributed by atoms with Gasteiger partial charge in [-0.25, -0.2) is 5.43 Å². The van der Waals surface area contributed by atoms with Crippen LogP contribution in [0.25, 0.3) is 0 Å². The number of hydrogen-bond acceptors (Lipinski definition) is 5. The number of hydrogen-bond donors (Lipinski definition) is 1. The van der Waals surface area contributed by atoms with Crippen LogP contribution in [0.2, 0.25) is 0 Å². The van der Waals surface area contributed by atoms with Crippen LogP contribution in [0.4, 0.5) is 0 Å². The summed E-state index contributed by atoms with van der Waals surface area (Å²) in [5, 5.41) is 3.99. The molecule has 2 rings (SSSR count). The highest BCUT2D eigenvalue weighted by molar-refractivity contribution is 9.10. The number of carbonyl (C=O) groups excluding carboxylic acids is 1. The van der Waals surface area contributed by atoms with E-state index in [0.29, 0.717) is 23.9 Å². The van der Waals surface area contributed by atoms with Gasteiger partial charge in [0, 0.05) is 10.2 Å². The fraction of sp³-hybridized carbons (Fsp3) is 0.200. The van der Waals surface area contributed by atoms with E-state index in [1.807, 2.05) is 30.3 Å². The molecule has 1 amide bonds. The number of benzene rings is 2. The predicted octanol–water partition coefficient (Wildman–Crippen LogP) is 4.41. The molecule has 0 saturated carbocycles. The van der Waals surface area contributed by atoms with Gasteiger partial charge in [0.25, 0.3) is 0 Å². The molecule has 2 aromatic rings. The van der Waals surface area contributed by atoms with E-state index in [-0.39, 0.29) is 5.91 Å². The third-order valence-corrected chi connectivity index (χ3v) is 4.84. The minimum Gasteiger partial charge on any atom is -0.493 e. The van der Waals surface area contributed by atoms with Crippen LogP contribution in [0.3, 0.4) is 0 Å². The lowest BCUT2D eigenvalue weighted by molar-refractivity contribution is -0.118. The summed E-state index contributed by atoms with van der Waals surface area (Å²) in [5.74, 6) is 2.17. The fourth-order valence-corrected chi connectivity index (χ4v) is 3.35.